The summed E-state index contributed by atoms with van der Waals surface area (Å²) >= 11 is 5.14. The standard InChI is InChI=1S/C13H20BrNO2S/c1-13(2,8-9-16)15-12(17)5-3-4-10-6-7-11(14)18-10/h6-7,16H,3-5,8-9H2,1-2H3,(H,15,17). The summed E-state index contributed by atoms with van der Waals surface area (Å²) in [5, 5.41) is 11.8. The molecular formula is C13H20BrNO2S. The third kappa shape index (κ3) is 5.98. The number of aryl methyl sites for hydroxylation is 1. The molecule has 2 N–H and O–H groups in total. The highest BCUT2D eigenvalue weighted by Crippen LogP contribution is 2.23. The van der Waals surface area contributed by atoms with Crippen molar-refractivity contribution in [1.29, 1.82) is 0 Å². The van der Waals surface area contributed by atoms with Crippen molar-refractivity contribution in [3.05, 3.63) is 20.8 Å². The average Bonchev–Trinajstić information content (AvgIpc) is 2.63. The third-order valence-electron chi connectivity index (χ3n) is 2.67. The molecular weight excluding hydrogens is 314 g/mol. The van der Waals surface area contributed by atoms with E-state index in [1.54, 1.807) is 11.3 Å². The van der Waals surface area contributed by atoms with Crippen LogP contribution in [-0.2, 0) is 11.2 Å². The first-order chi connectivity index (χ1) is 8.43. The van der Waals surface area contributed by atoms with Gasteiger partial charge in [-0.25, -0.2) is 0 Å². The van der Waals surface area contributed by atoms with E-state index in [1.807, 2.05) is 19.9 Å². The fourth-order valence-corrected chi connectivity index (χ4v) is 3.22. The maximum atomic E-state index is 11.7. The molecule has 0 aliphatic carbocycles. The van der Waals surface area contributed by atoms with Crippen molar-refractivity contribution in [3.8, 4) is 0 Å². The van der Waals surface area contributed by atoms with Crippen molar-refractivity contribution < 1.29 is 9.90 Å². The summed E-state index contributed by atoms with van der Waals surface area (Å²) in [6, 6.07) is 4.12. The van der Waals surface area contributed by atoms with Crippen LogP contribution in [0.2, 0.25) is 0 Å². The van der Waals surface area contributed by atoms with Gasteiger partial charge in [0.15, 0.2) is 0 Å². The first kappa shape index (κ1) is 15.7. The largest absolute Gasteiger partial charge is 0.396 e. The Morgan fingerprint density at radius 1 is 1.50 bits per heavy atom. The fourth-order valence-electron chi connectivity index (χ4n) is 1.69. The number of rotatable bonds is 7. The SMILES string of the molecule is CC(C)(CCO)NC(=O)CCCc1ccc(Br)s1. The summed E-state index contributed by atoms with van der Waals surface area (Å²) in [7, 11) is 0. The summed E-state index contributed by atoms with van der Waals surface area (Å²) in [4.78, 5) is 13.0. The molecule has 0 saturated heterocycles. The van der Waals surface area contributed by atoms with Crippen molar-refractivity contribution in [1.82, 2.24) is 5.32 Å². The van der Waals surface area contributed by atoms with Crippen LogP contribution >= 0.6 is 27.3 Å². The number of aliphatic hydroxyl groups is 1. The van der Waals surface area contributed by atoms with E-state index in [-0.39, 0.29) is 18.1 Å². The van der Waals surface area contributed by atoms with Crippen LogP contribution in [-0.4, -0.2) is 23.2 Å². The lowest BCUT2D eigenvalue weighted by Crippen LogP contribution is -2.43. The van der Waals surface area contributed by atoms with Crippen LogP contribution in [0.3, 0.4) is 0 Å². The fraction of sp³-hybridized carbons (Fsp3) is 0.615. The molecule has 0 aliphatic heterocycles. The molecule has 1 rings (SSSR count). The molecule has 1 aromatic heterocycles. The first-order valence-corrected chi connectivity index (χ1v) is 7.70. The van der Waals surface area contributed by atoms with Crippen LogP contribution in [0, 0.1) is 0 Å². The molecule has 0 radical (unpaired) electrons. The Bertz CT molecular complexity index is 390. The van der Waals surface area contributed by atoms with Gasteiger partial charge in [0.2, 0.25) is 5.91 Å². The molecule has 0 fully saturated rings. The van der Waals surface area contributed by atoms with Gasteiger partial charge in [0.1, 0.15) is 0 Å². The van der Waals surface area contributed by atoms with Crippen LogP contribution in [0.4, 0.5) is 0 Å². The van der Waals surface area contributed by atoms with Crippen molar-refractivity contribution in [3.63, 3.8) is 0 Å². The second-order valence-corrected chi connectivity index (χ2v) is 7.51. The molecule has 1 heterocycles. The van der Waals surface area contributed by atoms with Crippen molar-refractivity contribution in [2.45, 2.75) is 45.1 Å². The van der Waals surface area contributed by atoms with E-state index in [9.17, 15) is 4.79 Å². The van der Waals surface area contributed by atoms with E-state index in [0.717, 1.165) is 16.6 Å². The molecule has 0 saturated carbocycles. The highest BCUT2D eigenvalue weighted by molar-refractivity contribution is 9.11. The van der Waals surface area contributed by atoms with Gasteiger partial charge in [-0.05, 0) is 61.2 Å². The zero-order valence-corrected chi connectivity index (χ0v) is 13.2. The highest BCUT2D eigenvalue weighted by Gasteiger charge is 2.19. The minimum absolute atomic E-state index is 0.0593. The van der Waals surface area contributed by atoms with E-state index in [2.05, 4.69) is 27.3 Å². The number of carbonyl (C=O) groups is 1. The van der Waals surface area contributed by atoms with Crippen LogP contribution in [0.25, 0.3) is 0 Å². The smallest absolute Gasteiger partial charge is 0.220 e. The Balaban J connectivity index is 2.25. The zero-order valence-electron chi connectivity index (χ0n) is 10.8. The minimum Gasteiger partial charge on any atom is -0.396 e. The van der Waals surface area contributed by atoms with Gasteiger partial charge in [-0.1, -0.05) is 0 Å². The van der Waals surface area contributed by atoms with Crippen molar-refractivity contribution in [2.24, 2.45) is 0 Å². The lowest BCUT2D eigenvalue weighted by atomic mass is 10.0. The average molecular weight is 334 g/mol. The molecule has 0 aromatic carbocycles. The predicted molar refractivity (Wildman–Crippen MR) is 78.9 cm³/mol. The molecule has 18 heavy (non-hydrogen) atoms. The molecule has 0 unspecified atom stereocenters. The van der Waals surface area contributed by atoms with Crippen LogP contribution < -0.4 is 5.32 Å². The predicted octanol–water partition coefficient (Wildman–Crippen LogP) is 3.11. The lowest BCUT2D eigenvalue weighted by Gasteiger charge is -2.25. The normalized spacial score (nSPS) is 11.6. The number of carbonyl (C=O) groups excluding carboxylic acids is 1. The molecule has 102 valence electrons. The zero-order chi connectivity index (χ0) is 13.6. The molecule has 0 aliphatic rings. The van der Waals surface area contributed by atoms with Gasteiger partial charge in [0, 0.05) is 23.4 Å². The Labute approximate surface area is 121 Å². The maximum absolute atomic E-state index is 11.7. The Morgan fingerprint density at radius 3 is 2.78 bits per heavy atom. The van der Waals surface area contributed by atoms with E-state index >= 15 is 0 Å². The van der Waals surface area contributed by atoms with E-state index in [1.165, 1.54) is 4.88 Å². The number of halogens is 1. The van der Waals surface area contributed by atoms with Gasteiger partial charge in [0.05, 0.1) is 3.79 Å². The van der Waals surface area contributed by atoms with Gasteiger partial charge in [-0.2, -0.15) is 0 Å². The Hall–Kier alpha value is -0.390. The van der Waals surface area contributed by atoms with Crippen LogP contribution in [0.5, 0.6) is 0 Å². The lowest BCUT2D eigenvalue weighted by molar-refractivity contribution is -0.122. The van der Waals surface area contributed by atoms with Gasteiger partial charge in [-0.15, -0.1) is 11.3 Å². The highest BCUT2D eigenvalue weighted by atomic mass is 79.9. The van der Waals surface area contributed by atoms with Crippen LogP contribution in [0.1, 0.15) is 38.0 Å². The number of hydrogen-bond acceptors (Lipinski definition) is 3. The Kier molecular flexibility index (Phi) is 6.32. The first-order valence-electron chi connectivity index (χ1n) is 6.09. The number of hydrogen-bond donors (Lipinski definition) is 2. The molecule has 1 amide bonds. The van der Waals surface area contributed by atoms with E-state index in [4.69, 9.17) is 5.11 Å². The monoisotopic (exact) mass is 333 g/mol. The van der Waals surface area contributed by atoms with Crippen molar-refractivity contribution in [2.75, 3.05) is 6.61 Å². The molecule has 0 bridgehead atoms. The van der Waals surface area contributed by atoms with Gasteiger partial charge >= 0.3 is 0 Å². The van der Waals surface area contributed by atoms with Crippen molar-refractivity contribution >= 4 is 33.2 Å². The van der Waals surface area contributed by atoms with E-state index < -0.39 is 0 Å². The molecule has 5 heteroatoms. The molecule has 0 atom stereocenters. The quantitative estimate of drug-likeness (QED) is 0.805. The third-order valence-corrected chi connectivity index (χ3v) is 4.35. The topological polar surface area (TPSA) is 49.3 Å². The van der Waals surface area contributed by atoms with Crippen LogP contribution in [0.15, 0.2) is 15.9 Å². The second kappa shape index (κ2) is 7.26. The molecule has 3 nitrogen and oxygen atoms in total. The summed E-state index contributed by atoms with van der Waals surface area (Å²) in [6.07, 6.45) is 2.90. The van der Waals surface area contributed by atoms with Gasteiger partial charge in [-0.3, -0.25) is 4.79 Å². The van der Waals surface area contributed by atoms with Gasteiger partial charge in [0.25, 0.3) is 0 Å². The number of thiophene rings is 1. The number of amides is 1. The second-order valence-electron chi connectivity index (χ2n) is 4.97. The molecule has 0 spiro atoms. The number of aliphatic hydroxyl groups excluding tert-OH is 1. The molecule has 1 aromatic rings. The summed E-state index contributed by atoms with van der Waals surface area (Å²) < 4.78 is 1.13. The summed E-state index contributed by atoms with van der Waals surface area (Å²) in [6.45, 7) is 3.95. The Morgan fingerprint density at radius 2 is 2.22 bits per heavy atom. The minimum atomic E-state index is -0.322. The van der Waals surface area contributed by atoms with Gasteiger partial charge < -0.3 is 10.4 Å². The number of nitrogens with one attached hydrogen (secondary N) is 1. The summed E-state index contributed by atoms with van der Waals surface area (Å²) in [5.74, 6) is 0.0593. The maximum Gasteiger partial charge on any atom is 0.220 e. The summed E-state index contributed by atoms with van der Waals surface area (Å²) in [5.41, 5.74) is -0.322. The van der Waals surface area contributed by atoms with E-state index in [0.29, 0.717) is 12.8 Å².